The van der Waals surface area contributed by atoms with E-state index in [0.717, 1.165) is 0 Å². The first-order valence-corrected chi connectivity index (χ1v) is 15.2. The Labute approximate surface area is 303 Å². The number of rotatable bonds is 9. The first-order valence-electron chi connectivity index (χ1n) is 15.2. The first kappa shape index (κ1) is 43.4. The van der Waals surface area contributed by atoms with E-state index in [4.69, 9.17) is 26.2 Å². The Bertz CT molecular complexity index is 1960. The van der Waals surface area contributed by atoms with Crippen molar-refractivity contribution < 1.29 is 24.8 Å². The molecule has 53 heavy (non-hydrogen) atoms. The van der Waals surface area contributed by atoms with Crippen LogP contribution < -0.4 is 0 Å². The fraction of sp³-hybridized carbons (Fsp3) is 0.222. The predicted molar refractivity (Wildman–Crippen MR) is 190 cm³/mol. The summed E-state index contributed by atoms with van der Waals surface area (Å²) in [5.41, 5.74) is 3.82. The molecule has 0 unspecified atom stereocenters. The summed E-state index contributed by atoms with van der Waals surface area (Å²) in [6.45, 7) is 4.60. The van der Waals surface area contributed by atoms with Crippen LogP contribution in [-0.4, -0.2) is 24.8 Å². The Balaban J connectivity index is 0.000000354. The fourth-order valence-electron chi connectivity index (χ4n) is 4.86. The van der Waals surface area contributed by atoms with Crippen LogP contribution in [0, 0.1) is 107 Å². The second-order valence-electron chi connectivity index (χ2n) is 10.7. The Morgan fingerprint density at radius 2 is 0.679 bits per heavy atom. The first-order chi connectivity index (χ1) is 25.2. The third-order valence-electron chi connectivity index (χ3n) is 7.15. The van der Waals surface area contributed by atoms with Gasteiger partial charge in [-0.05, 0) is 26.8 Å². The van der Waals surface area contributed by atoms with Crippen LogP contribution in [0.15, 0.2) is 72.8 Å². The molecular formula is C36H32N8O9. The molecule has 0 fully saturated rings. The number of hydrogen-bond donors (Lipinski definition) is 1. The summed E-state index contributed by atoms with van der Waals surface area (Å²) < 4.78 is 0. The van der Waals surface area contributed by atoms with Crippen molar-refractivity contribution in [1.82, 2.24) is 0 Å². The maximum absolute atomic E-state index is 10.7. The van der Waals surface area contributed by atoms with E-state index in [0.29, 0.717) is 38.9 Å². The van der Waals surface area contributed by atoms with Gasteiger partial charge >= 0.3 is 0 Å². The summed E-state index contributed by atoms with van der Waals surface area (Å²) in [7, 11) is 0. The average molecular weight is 721 g/mol. The molecule has 17 heteroatoms. The number of hydrogen-bond acceptors (Lipinski definition) is 13. The maximum atomic E-state index is 10.7. The number of nitro benzene ring substituents is 4. The second kappa shape index (κ2) is 22.2. The molecule has 0 saturated heterocycles. The fourth-order valence-corrected chi connectivity index (χ4v) is 4.86. The van der Waals surface area contributed by atoms with Crippen molar-refractivity contribution in [2.24, 2.45) is 0 Å². The normalized spacial score (nSPS) is 9.28. The average Bonchev–Trinajstić information content (AvgIpc) is 3.09. The number of aliphatic hydroxyl groups excluding tert-OH is 1. The molecule has 0 aliphatic carbocycles. The van der Waals surface area contributed by atoms with E-state index in [1.807, 2.05) is 24.3 Å². The number of aliphatic hydroxyl groups is 1. The molecule has 0 saturated carbocycles. The van der Waals surface area contributed by atoms with Gasteiger partial charge in [-0.15, -0.1) is 0 Å². The van der Waals surface area contributed by atoms with Crippen LogP contribution in [0.1, 0.15) is 44.5 Å². The lowest BCUT2D eigenvalue weighted by Crippen LogP contribution is -2.00. The molecule has 0 aliphatic heterocycles. The molecule has 4 rings (SSSR count). The molecule has 4 aromatic carbocycles. The largest absolute Gasteiger partial charge is 0.391 e. The van der Waals surface area contributed by atoms with Gasteiger partial charge in [0, 0.05) is 38.9 Å². The topological polar surface area (TPSA) is 288 Å². The Morgan fingerprint density at radius 1 is 0.453 bits per heavy atom. The highest BCUT2D eigenvalue weighted by molar-refractivity contribution is 5.50. The maximum Gasteiger partial charge on any atom is 0.279 e. The Hall–Kier alpha value is -7.60. The van der Waals surface area contributed by atoms with Crippen molar-refractivity contribution in [3.8, 4) is 24.3 Å². The van der Waals surface area contributed by atoms with E-state index in [-0.39, 0.29) is 54.0 Å². The summed E-state index contributed by atoms with van der Waals surface area (Å²) >= 11 is 0. The zero-order valence-corrected chi connectivity index (χ0v) is 28.8. The standard InChI is InChI=1S/C9H8N2O3.3C9H8N2O2/c10-5-4-7-2-1-3-8(6-12)9(7)11(13)14;3*1-7-3-2-4-8(5-6-10)9(7)11(12)13/h1-3,12H,4,6H2;3*2-4H,5H2,1H3. The molecular weight excluding hydrogens is 688 g/mol. The molecule has 17 nitrogen and oxygen atoms in total. The van der Waals surface area contributed by atoms with Crippen LogP contribution >= 0.6 is 0 Å². The van der Waals surface area contributed by atoms with Gasteiger partial charge in [0.1, 0.15) is 0 Å². The van der Waals surface area contributed by atoms with Crippen molar-refractivity contribution in [3.63, 3.8) is 0 Å². The molecule has 4 aromatic rings. The van der Waals surface area contributed by atoms with Crippen LogP contribution in [0.2, 0.25) is 0 Å². The highest BCUT2D eigenvalue weighted by atomic mass is 16.6. The molecule has 0 amide bonds. The minimum absolute atomic E-state index is 0.0237. The molecule has 0 spiro atoms. The van der Waals surface area contributed by atoms with E-state index in [1.165, 1.54) is 12.1 Å². The Kier molecular flexibility index (Phi) is 18.2. The molecule has 0 heterocycles. The zero-order chi connectivity index (χ0) is 40.1. The van der Waals surface area contributed by atoms with Gasteiger partial charge in [0.25, 0.3) is 22.7 Å². The quantitative estimate of drug-likeness (QED) is 0.134. The number of para-hydroxylation sites is 4. The van der Waals surface area contributed by atoms with E-state index < -0.39 is 26.3 Å². The van der Waals surface area contributed by atoms with E-state index in [2.05, 4.69) is 0 Å². The van der Waals surface area contributed by atoms with Gasteiger partial charge in [-0.1, -0.05) is 66.7 Å². The van der Waals surface area contributed by atoms with Gasteiger partial charge < -0.3 is 5.11 Å². The van der Waals surface area contributed by atoms with Crippen LogP contribution in [0.4, 0.5) is 22.7 Å². The number of benzene rings is 4. The molecule has 0 aromatic heterocycles. The minimum Gasteiger partial charge on any atom is -0.391 e. The summed E-state index contributed by atoms with van der Waals surface area (Å²) in [6, 6.07) is 27.1. The van der Waals surface area contributed by atoms with Gasteiger partial charge in [-0.25, -0.2) is 0 Å². The van der Waals surface area contributed by atoms with Gasteiger partial charge in [0.15, 0.2) is 0 Å². The molecule has 0 atom stereocenters. The van der Waals surface area contributed by atoms with Gasteiger partial charge in [0.05, 0.1) is 81.8 Å². The zero-order valence-electron chi connectivity index (χ0n) is 28.8. The number of nitrogens with zero attached hydrogens (tertiary/aromatic N) is 8. The predicted octanol–water partition coefficient (Wildman–Crippen LogP) is 7.06. The smallest absolute Gasteiger partial charge is 0.279 e. The van der Waals surface area contributed by atoms with Crippen LogP contribution in [-0.2, 0) is 32.3 Å². The van der Waals surface area contributed by atoms with E-state index in [1.54, 1.807) is 81.4 Å². The third kappa shape index (κ3) is 13.0. The monoisotopic (exact) mass is 720 g/mol. The van der Waals surface area contributed by atoms with Crippen LogP contribution in [0.25, 0.3) is 0 Å². The molecule has 0 radical (unpaired) electrons. The molecule has 0 bridgehead atoms. The lowest BCUT2D eigenvalue weighted by molar-refractivity contribution is -0.386. The summed E-state index contributed by atoms with van der Waals surface area (Å²) in [4.78, 5) is 40.6. The molecule has 270 valence electrons. The minimum atomic E-state index is -0.571. The van der Waals surface area contributed by atoms with Crippen LogP contribution in [0.5, 0.6) is 0 Å². The highest BCUT2D eigenvalue weighted by Gasteiger charge is 2.19. The van der Waals surface area contributed by atoms with Crippen molar-refractivity contribution in [3.05, 3.63) is 158 Å². The van der Waals surface area contributed by atoms with Crippen molar-refractivity contribution in [2.75, 3.05) is 0 Å². The van der Waals surface area contributed by atoms with Gasteiger partial charge in [-0.2, -0.15) is 21.0 Å². The number of nitriles is 4. The number of nitro groups is 4. The number of aryl methyl sites for hydroxylation is 3. The summed E-state index contributed by atoms with van der Waals surface area (Å²) in [5, 5.41) is 85.2. The van der Waals surface area contributed by atoms with Crippen LogP contribution in [0.3, 0.4) is 0 Å². The van der Waals surface area contributed by atoms with E-state index >= 15 is 0 Å². The molecule has 0 aliphatic rings. The third-order valence-corrected chi connectivity index (χ3v) is 7.15. The van der Waals surface area contributed by atoms with Crippen molar-refractivity contribution in [2.45, 2.75) is 53.1 Å². The highest BCUT2D eigenvalue weighted by Crippen LogP contribution is 2.26. The van der Waals surface area contributed by atoms with E-state index in [9.17, 15) is 40.5 Å². The summed E-state index contributed by atoms with van der Waals surface area (Å²) in [6.07, 6.45) is 0.220. The Morgan fingerprint density at radius 3 is 0.906 bits per heavy atom. The summed E-state index contributed by atoms with van der Waals surface area (Å²) in [5.74, 6) is 0. The van der Waals surface area contributed by atoms with Crippen molar-refractivity contribution in [1.29, 1.82) is 21.0 Å². The second-order valence-corrected chi connectivity index (χ2v) is 10.7. The SMILES string of the molecule is Cc1cccc(CC#N)c1[N+](=O)[O-].Cc1cccc(CC#N)c1[N+](=O)[O-].Cc1cccc(CC#N)c1[N+](=O)[O-].N#CCc1cccc(CO)c1[N+](=O)[O-]. The van der Waals surface area contributed by atoms with Gasteiger partial charge in [-0.3, -0.25) is 40.5 Å². The molecule has 1 N–H and O–H groups in total. The van der Waals surface area contributed by atoms with Gasteiger partial charge in [0.2, 0.25) is 0 Å². The van der Waals surface area contributed by atoms with Crippen molar-refractivity contribution >= 4 is 22.7 Å². The lowest BCUT2D eigenvalue weighted by atomic mass is 10.1. The lowest BCUT2D eigenvalue weighted by Gasteiger charge is -2.02.